The highest BCUT2D eigenvalue weighted by Gasteiger charge is 2.42. The molecule has 2 rings (SSSR count). The van der Waals surface area contributed by atoms with E-state index in [0.29, 0.717) is 5.92 Å². The number of fused-ring (bicyclic) bond motifs is 2. The van der Waals surface area contributed by atoms with Crippen LogP contribution in [0.3, 0.4) is 0 Å². The van der Waals surface area contributed by atoms with Crippen molar-refractivity contribution in [3.05, 3.63) is 0 Å². The van der Waals surface area contributed by atoms with Crippen molar-refractivity contribution >= 4 is 0 Å². The molecule has 4 unspecified atom stereocenters. The van der Waals surface area contributed by atoms with E-state index < -0.39 is 0 Å². The molecule has 1 N–H and O–H groups in total. The summed E-state index contributed by atoms with van der Waals surface area (Å²) in [4.78, 5) is 0. The van der Waals surface area contributed by atoms with Crippen LogP contribution in [0.1, 0.15) is 53.9 Å². The van der Waals surface area contributed by atoms with E-state index in [1.54, 1.807) is 0 Å². The maximum Gasteiger partial charge on any atom is 0.0571 e. The van der Waals surface area contributed by atoms with Crippen LogP contribution in [-0.4, -0.2) is 11.2 Å². The fourth-order valence-electron chi connectivity index (χ4n) is 2.53. The predicted molar refractivity (Wildman–Crippen MR) is 58.7 cm³/mol. The van der Waals surface area contributed by atoms with Crippen molar-refractivity contribution in [1.82, 2.24) is 0 Å². The number of aliphatic hydroxyl groups excluding tert-OH is 1. The molecular formula is C12H26O. The minimum atomic E-state index is 0.0613. The zero-order valence-corrected chi connectivity index (χ0v) is 9.88. The quantitative estimate of drug-likeness (QED) is 0.614. The number of hydrogen-bond acceptors (Lipinski definition) is 1. The highest BCUT2D eigenvalue weighted by atomic mass is 16.3. The van der Waals surface area contributed by atoms with Crippen LogP contribution in [0.15, 0.2) is 0 Å². The van der Waals surface area contributed by atoms with Crippen molar-refractivity contribution < 1.29 is 5.11 Å². The summed E-state index contributed by atoms with van der Waals surface area (Å²) >= 11 is 0. The van der Waals surface area contributed by atoms with Gasteiger partial charge in [-0.05, 0) is 37.0 Å². The Kier molecular flexibility index (Phi) is 6.40. The van der Waals surface area contributed by atoms with Crippen molar-refractivity contribution in [2.45, 2.75) is 60.0 Å². The Bertz CT molecular complexity index is 104. The van der Waals surface area contributed by atoms with Crippen LogP contribution in [0.4, 0.5) is 0 Å². The zero-order chi connectivity index (χ0) is 10.4. The Hall–Kier alpha value is -0.0400. The summed E-state index contributed by atoms with van der Waals surface area (Å²) in [5, 5.41) is 9.34. The SMILES string of the molecule is CC.CC.CC1CC2CC1CC2O. The van der Waals surface area contributed by atoms with Gasteiger partial charge in [-0.25, -0.2) is 0 Å². The van der Waals surface area contributed by atoms with Crippen molar-refractivity contribution in [3.8, 4) is 0 Å². The predicted octanol–water partition coefficient (Wildman–Crippen LogP) is 3.47. The van der Waals surface area contributed by atoms with E-state index in [1.165, 1.54) is 12.8 Å². The lowest BCUT2D eigenvalue weighted by atomic mass is 9.89. The molecule has 0 heterocycles. The fourth-order valence-corrected chi connectivity index (χ4v) is 2.53. The molecule has 0 radical (unpaired) electrons. The molecule has 1 heteroatoms. The second kappa shape index (κ2) is 6.42. The topological polar surface area (TPSA) is 20.2 Å². The number of rotatable bonds is 0. The van der Waals surface area contributed by atoms with Gasteiger partial charge in [-0.15, -0.1) is 0 Å². The van der Waals surface area contributed by atoms with Gasteiger partial charge in [0.2, 0.25) is 0 Å². The molecule has 0 aromatic rings. The molecule has 2 aliphatic rings. The highest BCUT2D eigenvalue weighted by molar-refractivity contribution is 4.93. The third-order valence-corrected chi connectivity index (χ3v) is 3.17. The first-order chi connectivity index (χ1) is 6.27. The number of hydrogen-bond donors (Lipinski definition) is 1. The summed E-state index contributed by atoms with van der Waals surface area (Å²) in [6.07, 6.45) is 3.74. The minimum absolute atomic E-state index is 0.0613. The Morgan fingerprint density at radius 3 is 1.62 bits per heavy atom. The first-order valence-corrected chi connectivity index (χ1v) is 5.95. The molecule has 4 atom stereocenters. The molecule has 0 aliphatic heterocycles. The molecule has 1 nitrogen and oxygen atoms in total. The van der Waals surface area contributed by atoms with E-state index in [2.05, 4.69) is 6.92 Å². The van der Waals surface area contributed by atoms with Crippen LogP contribution in [-0.2, 0) is 0 Å². The summed E-state index contributed by atoms with van der Waals surface area (Å²) in [5.74, 6) is 2.44. The minimum Gasteiger partial charge on any atom is -0.393 e. The Balaban J connectivity index is 0.000000322. The van der Waals surface area contributed by atoms with Crippen LogP contribution in [0.2, 0.25) is 0 Å². The molecule has 2 bridgehead atoms. The van der Waals surface area contributed by atoms with Crippen LogP contribution < -0.4 is 0 Å². The average molecular weight is 186 g/mol. The van der Waals surface area contributed by atoms with Crippen LogP contribution >= 0.6 is 0 Å². The van der Waals surface area contributed by atoms with Gasteiger partial charge in [0.05, 0.1) is 6.10 Å². The molecule has 0 spiro atoms. The summed E-state index contributed by atoms with van der Waals surface area (Å²) in [6, 6.07) is 0. The Morgan fingerprint density at radius 1 is 0.846 bits per heavy atom. The van der Waals surface area contributed by atoms with Gasteiger partial charge in [0.15, 0.2) is 0 Å². The summed E-state index contributed by atoms with van der Waals surface area (Å²) in [7, 11) is 0. The van der Waals surface area contributed by atoms with Gasteiger partial charge in [0.25, 0.3) is 0 Å². The van der Waals surface area contributed by atoms with Gasteiger partial charge in [0.1, 0.15) is 0 Å². The van der Waals surface area contributed by atoms with Crippen molar-refractivity contribution in [1.29, 1.82) is 0 Å². The van der Waals surface area contributed by atoms with Gasteiger partial charge >= 0.3 is 0 Å². The van der Waals surface area contributed by atoms with Gasteiger partial charge in [-0.2, -0.15) is 0 Å². The van der Waals surface area contributed by atoms with Crippen LogP contribution in [0, 0.1) is 17.8 Å². The summed E-state index contributed by atoms with van der Waals surface area (Å²) in [5.41, 5.74) is 0. The number of aliphatic hydroxyl groups is 1. The van der Waals surface area contributed by atoms with Crippen molar-refractivity contribution in [3.63, 3.8) is 0 Å². The molecular weight excluding hydrogens is 160 g/mol. The zero-order valence-electron chi connectivity index (χ0n) is 9.88. The van der Waals surface area contributed by atoms with E-state index >= 15 is 0 Å². The van der Waals surface area contributed by atoms with Crippen LogP contribution in [0.25, 0.3) is 0 Å². The van der Waals surface area contributed by atoms with E-state index in [0.717, 1.165) is 18.3 Å². The molecule has 2 fully saturated rings. The molecule has 0 saturated heterocycles. The molecule has 13 heavy (non-hydrogen) atoms. The van der Waals surface area contributed by atoms with E-state index in [4.69, 9.17) is 0 Å². The lowest BCUT2D eigenvalue weighted by molar-refractivity contribution is 0.0985. The normalized spacial score (nSPS) is 40.2. The average Bonchev–Trinajstić information content (AvgIpc) is 2.70. The summed E-state index contributed by atoms with van der Waals surface area (Å²) < 4.78 is 0. The maximum atomic E-state index is 9.34. The standard InChI is InChI=1S/C8H14O.2C2H6/c1-5-2-7-3-6(5)4-8(7)9;2*1-2/h5-9H,2-4H2,1H3;2*1-2H3. The molecule has 0 amide bonds. The lowest BCUT2D eigenvalue weighted by Crippen LogP contribution is -2.19. The Labute approximate surface area is 83.5 Å². The van der Waals surface area contributed by atoms with Gasteiger partial charge < -0.3 is 5.11 Å². The van der Waals surface area contributed by atoms with Crippen LogP contribution in [0.5, 0.6) is 0 Å². The second-order valence-corrected chi connectivity index (χ2v) is 3.77. The smallest absolute Gasteiger partial charge is 0.0571 e. The molecule has 0 aromatic heterocycles. The van der Waals surface area contributed by atoms with Gasteiger partial charge in [0, 0.05) is 0 Å². The lowest BCUT2D eigenvalue weighted by Gasteiger charge is -2.20. The largest absolute Gasteiger partial charge is 0.393 e. The molecule has 0 aromatic carbocycles. The van der Waals surface area contributed by atoms with E-state index in [9.17, 15) is 5.11 Å². The fraction of sp³-hybridized carbons (Fsp3) is 1.00. The summed E-state index contributed by atoms with van der Waals surface area (Å²) in [6.45, 7) is 10.3. The first kappa shape index (κ1) is 13.0. The first-order valence-electron chi connectivity index (χ1n) is 5.95. The third kappa shape index (κ3) is 2.98. The van der Waals surface area contributed by atoms with Gasteiger partial charge in [-0.3, -0.25) is 0 Å². The highest BCUT2D eigenvalue weighted by Crippen LogP contribution is 2.47. The Morgan fingerprint density at radius 2 is 1.38 bits per heavy atom. The third-order valence-electron chi connectivity index (χ3n) is 3.17. The second-order valence-electron chi connectivity index (χ2n) is 3.77. The van der Waals surface area contributed by atoms with Gasteiger partial charge in [-0.1, -0.05) is 34.6 Å². The molecule has 2 saturated carbocycles. The molecule has 2 aliphatic carbocycles. The monoisotopic (exact) mass is 186 g/mol. The van der Waals surface area contributed by atoms with E-state index in [-0.39, 0.29) is 6.10 Å². The maximum absolute atomic E-state index is 9.34. The van der Waals surface area contributed by atoms with Crippen molar-refractivity contribution in [2.24, 2.45) is 17.8 Å². The molecule has 80 valence electrons. The van der Waals surface area contributed by atoms with E-state index in [1.807, 2.05) is 27.7 Å². The van der Waals surface area contributed by atoms with Crippen molar-refractivity contribution in [2.75, 3.05) is 0 Å².